The summed E-state index contributed by atoms with van der Waals surface area (Å²) < 4.78 is 0. The maximum absolute atomic E-state index is 12.2. The monoisotopic (exact) mass is 283 g/mol. The molecule has 1 aromatic heterocycles. The Balaban J connectivity index is 1.85. The highest BCUT2D eigenvalue weighted by atomic mass is 16.1. The summed E-state index contributed by atoms with van der Waals surface area (Å²) in [6.07, 6.45) is 3.50. The van der Waals surface area contributed by atoms with Gasteiger partial charge in [0.1, 0.15) is 0 Å². The molecule has 0 atom stereocenters. The lowest BCUT2D eigenvalue weighted by molar-refractivity contribution is 0.0953. The van der Waals surface area contributed by atoms with Crippen LogP contribution in [0.25, 0.3) is 0 Å². The number of carbonyl (C=O) groups is 1. The topological polar surface area (TPSA) is 54.0 Å². The maximum atomic E-state index is 12.2. The van der Waals surface area contributed by atoms with Crippen LogP contribution in [0.4, 0.5) is 5.69 Å². The van der Waals surface area contributed by atoms with Crippen molar-refractivity contribution in [3.63, 3.8) is 0 Å². The molecule has 0 bridgehead atoms. The summed E-state index contributed by atoms with van der Waals surface area (Å²) in [7, 11) is 1.81. The molecule has 21 heavy (non-hydrogen) atoms. The van der Waals surface area contributed by atoms with Gasteiger partial charge in [-0.25, -0.2) is 0 Å². The lowest BCUT2D eigenvalue weighted by Crippen LogP contribution is -2.25. The van der Waals surface area contributed by atoms with Crippen LogP contribution in [0.3, 0.4) is 0 Å². The molecule has 0 unspecified atom stereocenters. The second kappa shape index (κ2) is 7.43. The van der Waals surface area contributed by atoms with Crippen LogP contribution in [0.1, 0.15) is 28.0 Å². The van der Waals surface area contributed by atoms with Crippen molar-refractivity contribution >= 4 is 11.6 Å². The molecule has 0 aliphatic heterocycles. The molecule has 1 aromatic carbocycles. The molecule has 4 nitrogen and oxygen atoms in total. The summed E-state index contributed by atoms with van der Waals surface area (Å²) in [6, 6.07) is 12.2. The van der Waals surface area contributed by atoms with Crippen molar-refractivity contribution in [2.75, 3.05) is 18.9 Å². The standard InChI is InChI=1S/C17H21N3O/c1-13-11-16(18-2)15(12-20-13)17(21)19-10-6-9-14-7-4-3-5-8-14/h3-5,7-8,11-12H,6,9-10H2,1-2H3,(H,18,20)(H,19,21). The van der Waals surface area contributed by atoms with Gasteiger partial charge in [-0.05, 0) is 31.4 Å². The van der Waals surface area contributed by atoms with E-state index in [1.54, 1.807) is 13.2 Å². The third-order valence-corrected chi connectivity index (χ3v) is 3.33. The first kappa shape index (κ1) is 15.0. The fourth-order valence-electron chi connectivity index (χ4n) is 2.18. The van der Waals surface area contributed by atoms with Crippen LogP contribution >= 0.6 is 0 Å². The Morgan fingerprint density at radius 3 is 2.71 bits per heavy atom. The molecule has 4 heteroatoms. The molecule has 1 amide bonds. The third kappa shape index (κ3) is 4.31. The number of pyridine rings is 1. The van der Waals surface area contributed by atoms with Crippen molar-refractivity contribution in [1.29, 1.82) is 0 Å². The van der Waals surface area contributed by atoms with Gasteiger partial charge >= 0.3 is 0 Å². The molecule has 0 saturated heterocycles. The number of hydrogen-bond donors (Lipinski definition) is 2. The van der Waals surface area contributed by atoms with E-state index in [4.69, 9.17) is 0 Å². The minimum Gasteiger partial charge on any atom is -0.387 e. The van der Waals surface area contributed by atoms with Crippen molar-refractivity contribution in [1.82, 2.24) is 10.3 Å². The summed E-state index contributed by atoms with van der Waals surface area (Å²) in [6.45, 7) is 2.56. The smallest absolute Gasteiger partial charge is 0.254 e. The first-order valence-corrected chi connectivity index (χ1v) is 7.17. The molecule has 0 aliphatic rings. The Bertz CT molecular complexity index is 596. The van der Waals surface area contributed by atoms with Crippen LogP contribution in [0.5, 0.6) is 0 Å². The summed E-state index contributed by atoms with van der Waals surface area (Å²) in [4.78, 5) is 16.3. The lowest BCUT2D eigenvalue weighted by atomic mass is 10.1. The molecular weight excluding hydrogens is 262 g/mol. The van der Waals surface area contributed by atoms with Gasteiger partial charge in [0.2, 0.25) is 0 Å². The molecule has 1 heterocycles. The average molecular weight is 283 g/mol. The maximum Gasteiger partial charge on any atom is 0.254 e. The summed E-state index contributed by atoms with van der Waals surface area (Å²) in [5, 5.41) is 5.98. The lowest BCUT2D eigenvalue weighted by Gasteiger charge is -2.10. The highest BCUT2D eigenvalue weighted by Gasteiger charge is 2.10. The van der Waals surface area contributed by atoms with E-state index >= 15 is 0 Å². The number of aryl methyl sites for hydroxylation is 2. The second-order valence-corrected chi connectivity index (χ2v) is 4.97. The molecule has 0 saturated carbocycles. The predicted octanol–water partition coefficient (Wildman–Crippen LogP) is 2.79. The Morgan fingerprint density at radius 2 is 2.00 bits per heavy atom. The van der Waals surface area contributed by atoms with E-state index in [2.05, 4.69) is 27.8 Å². The number of hydrogen-bond acceptors (Lipinski definition) is 3. The number of nitrogens with zero attached hydrogens (tertiary/aromatic N) is 1. The fourth-order valence-corrected chi connectivity index (χ4v) is 2.18. The molecular formula is C17H21N3O. The SMILES string of the molecule is CNc1cc(C)ncc1C(=O)NCCCc1ccccc1. The minimum atomic E-state index is -0.0834. The van der Waals surface area contributed by atoms with E-state index in [0.29, 0.717) is 12.1 Å². The van der Waals surface area contributed by atoms with Gasteiger partial charge in [0.25, 0.3) is 5.91 Å². The summed E-state index contributed by atoms with van der Waals surface area (Å²) in [5.74, 6) is -0.0834. The van der Waals surface area contributed by atoms with Crippen molar-refractivity contribution < 1.29 is 4.79 Å². The highest BCUT2D eigenvalue weighted by molar-refractivity contribution is 5.99. The van der Waals surface area contributed by atoms with Crippen LogP contribution in [-0.2, 0) is 6.42 Å². The number of aromatic nitrogens is 1. The highest BCUT2D eigenvalue weighted by Crippen LogP contribution is 2.14. The fraction of sp³-hybridized carbons (Fsp3) is 0.294. The van der Waals surface area contributed by atoms with Crippen LogP contribution in [-0.4, -0.2) is 24.5 Å². The molecule has 0 fully saturated rings. The Hall–Kier alpha value is -2.36. The zero-order valence-corrected chi connectivity index (χ0v) is 12.5. The molecule has 2 aromatic rings. The van der Waals surface area contributed by atoms with Gasteiger partial charge in [-0.3, -0.25) is 9.78 Å². The number of carbonyl (C=O) groups excluding carboxylic acids is 1. The van der Waals surface area contributed by atoms with E-state index in [0.717, 1.165) is 24.2 Å². The van der Waals surface area contributed by atoms with Gasteiger partial charge < -0.3 is 10.6 Å². The summed E-state index contributed by atoms with van der Waals surface area (Å²) in [5.41, 5.74) is 3.57. The summed E-state index contributed by atoms with van der Waals surface area (Å²) >= 11 is 0. The molecule has 0 spiro atoms. The van der Waals surface area contributed by atoms with Gasteiger partial charge in [0.05, 0.1) is 11.3 Å². The van der Waals surface area contributed by atoms with Crippen LogP contribution in [0, 0.1) is 6.92 Å². The number of nitrogens with one attached hydrogen (secondary N) is 2. The van der Waals surface area contributed by atoms with Crippen molar-refractivity contribution in [3.8, 4) is 0 Å². The van der Waals surface area contributed by atoms with Crippen molar-refractivity contribution in [3.05, 3.63) is 59.4 Å². The van der Waals surface area contributed by atoms with Gasteiger partial charge in [0.15, 0.2) is 0 Å². The van der Waals surface area contributed by atoms with Crippen LogP contribution in [0.2, 0.25) is 0 Å². The van der Waals surface area contributed by atoms with Crippen LogP contribution < -0.4 is 10.6 Å². The molecule has 2 N–H and O–H groups in total. The number of amides is 1. The number of rotatable bonds is 6. The predicted molar refractivity (Wildman–Crippen MR) is 85.6 cm³/mol. The third-order valence-electron chi connectivity index (χ3n) is 3.33. The first-order valence-electron chi connectivity index (χ1n) is 7.17. The number of benzene rings is 1. The van der Waals surface area contributed by atoms with E-state index in [1.807, 2.05) is 31.2 Å². The van der Waals surface area contributed by atoms with Gasteiger partial charge in [-0.15, -0.1) is 0 Å². The Labute approximate surface area is 125 Å². The molecule has 2 rings (SSSR count). The van der Waals surface area contributed by atoms with E-state index in [-0.39, 0.29) is 5.91 Å². The average Bonchev–Trinajstić information content (AvgIpc) is 2.52. The number of anilines is 1. The van der Waals surface area contributed by atoms with Crippen LogP contribution in [0.15, 0.2) is 42.6 Å². The Kier molecular flexibility index (Phi) is 5.32. The van der Waals surface area contributed by atoms with E-state index in [1.165, 1.54) is 5.56 Å². The van der Waals surface area contributed by atoms with E-state index < -0.39 is 0 Å². The molecule has 0 aliphatic carbocycles. The first-order chi connectivity index (χ1) is 10.2. The van der Waals surface area contributed by atoms with Crippen molar-refractivity contribution in [2.24, 2.45) is 0 Å². The second-order valence-electron chi connectivity index (χ2n) is 4.97. The van der Waals surface area contributed by atoms with Crippen molar-refractivity contribution in [2.45, 2.75) is 19.8 Å². The quantitative estimate of drug-likeness (QED) is 0.802. The molecule has 110 valence electrons. The van der Waals surface area contributed by atoms with Gasteiger partial charge in [-0.1, -0.05) is 30.3 Å². The largest absolute Gasteiger partial charge is 0.387 e. The van der Waals surface area contributed by atoms with E-state index in [9.17, 15) is 4.79 Å². The molecule has 0 radical (unpaired) electrons. The minimum absolute atomic E-state index is 0.0834. The zero-order chi connectivity index (χ0) is 15.1. The van der Waals surface area contributed by atoms with Gasteiger partial charge in [-0.2, -0.15) is 0 Å². The Morgan fingerprint density at radius 1 is 1.24 bits per heavy atom. The normalized spacial score (nSPS) is 10.2. The zero-order valence-electron chi connectivity index (χ0n) is 12.5. The van der Waals surface area contributed by atoms with Gasteiger partial charge in [0, 0.05) is 25.5 Å².